The molecule has 3 N–H and O–H groups in total. The molecule has 0 saturated heterocycles. The number of carbonyl (C=O) groups excluding carboxylic acids is 2. The fourth-order valence-corrected chi connectivity index (χ4v) is 3.72. The number of carboxylic acid groups (broad SMARTS) is 1. The second-order valence-corrected chi connectivity index (χ2v) is 7.45. The van der Waals surface area contributed by atoms with Crippen LogP contribution in [0.3, 0.4) is 0 Å². The number of nitrogens with one attached hydrogen (secondary N) is 2. The van der Waals surface area contributed by atoms with Crippen molar-refractivity contribution in [1.82, 2.24) is 10.6 Å². The van der Waals surface area contributed by atoms with Crippen LogP contribution < -0.4 is 10.6 Å². The van der Waals surface area contributed by atoms with Gasteiger partial charge in [-0.3, -0.25) is 9.59 Å². The zero-order chi connectivity index (χ0) is 17.5. The summed E-state index contributed by atoms with van der Waals surface area (Å²) < 4.78 is 0. The van der Waals surface area contributed by atoms with Crippen LogP contribution in [-0.2, 0) is 16.1 Å². The molecule has 132 valence electrons. The lowest BCUT2D eigenvalue weighted by Crippen LogP contribution is -2.44. The number of carbonyl (C=O) groups is 3. The highest BCUT2D eigenvalue weighted by Crippen LogP contribution is 2.26. The SMILES string of the molecule is CC(NC(=O)CC1CCCCC1)C(=O)NCc1ccc(C(=O)O)s1. The van der Waals surface area contributed by atoms with E-state index in [9.17, 15) is 14.4 Å². The zero-order valence-electron chi connectivity index (χ0n) is 13.8. The summed E-state index contributed by atoms with van der Waals surface area (Å²) in [5, 5.41) is 14.3. The van der Waals surface area contributed by atoms with Gasteiger partial charge in [0, 0.05) is 11.3 Å². The van der Waals surface area contributed by atoms with E-state index in [0.29, 0.717) is 12.3 Å². The number of amides is 2. The highest BCUT2D eigenvalue weighted by atomic mass is 32.1. The van der Waals surface area contributed by atoms with E-state index in [-0.39, 0.29) is 23.2 Å². The zero-order valence-corrected chi connectivity index (χ0v) is 14.7. The van der Waals surface area contributed by atoms with Crippen LogP contribution in [0.1, 0.15) is 60.0 Å². The first-order chi connectivity index (χ1) is 11.5. The number of aromatic carboxylic acids is 1. The molecule has 1 saturated carbocycles. The van der Waals surface area contributed by atoms with Gasteiger partial charge in [-0.2, -0.15) is 0 Å². The predicted octanol–water partition coefficient (Wildman–Crippen LogP) is 2.54. The molecular formula is C17H24N2O4S. The van der Waals surface area contributed by atoms with Crippen molar-refractivity contribution in [2.45, 2.75) is 58.0 Å². The molecule has 1 atom stereocenters. The van der Waals surface area contributed by atoms with E-state index in [2.05, 4.69) is 10.6 Å². The molecule has 1 aliphatic carbocycles. The number of hydrogen-bond donors (Lipinski definition) is 3. The lowest BCUT2D eigenvalue weighted by Gasteiger charge is -2.22. The summed E-state index contributed by atoms with van der Waals surface area (Å²) in [5.41, 5.74) is 0. The summed E-state index contributed by atoms with van der Waals surface area (Å²) in [6, 6.07) is 2.60. The molecule has 0 spiro atoms. The maximum Gasteiger partial charge on any atom is 0.345 e. The van der Waals surface area contributed by atoms with Crippen molar-refractivity contribution in [3.8, 4) is 0 Å². The minimum absolute atomic E-state index is 0.0752. The lowest BCUT2D eigenvalue weighted by molar-refractivity contribution is -0.129. The number of hydrogen-bond acceptors (Lipinski definition) is 4. The third-order valence-corrected chi connectivity index (χ3v) is 5.35. The first kappa shape index (κ1) is 18.4. The Bertz CT molecular complexity index is 593. The van der Waals surface area contributed by atoms with Crippen LogP contribution in [0, 0.1) is 5.92 Å². The molecule has 0 radical (unpaired) electrons. The summed E-state index contributed by atoms with van der Waals surface area (Å²) in [5.74, 6) is -0.874. The molecule has 1 aliphatic rings. The van der Waals surface area contributed by atoms with Crippen molar-refractivity contribution in [1.29, 1.82) is 0 Å². The van der Waals surface area contributed by atoms with Crippen LogP contribution in [0.4, 0.5) is 0 Å². The number of thiophene rings is 1. The molecule has 1 fully saturated rings. The number of carboxylic acids is 1. The maximum absolute atomic E-state index is 12.0. The minimum atomic E-state index is -0.971. The van der Waals surface area contributed by atoms with Gasteiger partial charge in [0.05, 0.1) is 6.54 Å². The molecule has 2 rings (SSSR count). The first-order valence-electron chi connectivity index (χ1n) is 8.35. The smallest absolute Gasteiger partial charge is 0.345 e. The molecule has 0 bridgehead atoms. The van der Waals surface area contributed by atoms with Gasteiger partial charge in [0.2, 0.25) is 11.8 Å². The van der Waals surface area contributed by atoms with Crippen LogP contribution in [0.5, 0.6) is 0 Å². The Kier molecular flexibility index (Phi) is 6.78. The van der Waals surface area contributed by atoms with Crippen molar-refractivity contribution < 1.29 is 19.5 Å². The van der Waals surface area contributed by atoms with Crippen LogP contribution in [0.2, 0.25) is 0 Å². The molecule has 24 heavy (non-hydrogen) atoms. The molecular weight excluding hydrogens is 328 g/mol. The minimum Gasteiger partial charge on any atom is -0.477 e. The van der Waals surface area contributed by atoms with Crippen LogP contribution in [0.15, 0.2) is 12.1 Å². The topological polar surface area (TPSA) is 95.5 Å². The average Bonchev–Trinajstić information content (AvgIpc) is 3.02. The van der Waals surface area contributed by atoms with Gasteiger partial charge in [-0.05, 0) is 37.8 Å². The molecule has 7 heteroatoms. The van der Waals surface area contributed by atoms with Crippen molar-refractivity contribution in [3.05, 3.63) is 21.9 Å². The maximum atomic E-state index is 12.0. The summed E-state index contributed by atoms with van der Waals surface area (Å²) in [6.45, 7) is 1.92. The van der Waals surface area contributed by atoms with Gasteiger partial charge in [-0.25, -0.2) is 4.79 Å². The van der Waals surface area contributed by atoms with E-state index in [1.165, 1.54) is 25.3 Å². The molecule has 0 aromatic carbocycles. The highest BCUT2D eigenvalue weighted by Gasteiger charge is 2.20. The van der Waals surface area contributed by atoms with E-state index < -0.39 is 12.0 Å². The Morgan fingerprint density at radius 3 is 2.58 bits per heavy atom. The summed E-state index contributed by atoms with van der Waals surface area (Å²) in [6.07, 6.45) is 6.31. The van der Waals surface area contributed by atoms with Gasteiger partial charge < -0.3 is 15.7 Å². The summed E-state index contributed by atoms with van der Waals surface area (Å²) >= 11 is 1.13. The van der Waals surface area contributed by atoms with E-state index in [0.717, 1.165) is 29.1 Å². The highest BCUT2D eigenvalue weighted by molar-refractivity contribution is 7.13. The second-order valence-electron chi connectivity index (χ2n) is 6.29. The van der Waals surface area contributed by atoms with Crippen molar-refractivity contribution in [2.75, 3.05) is 0 Å². The monoisotopic (exact) mass is 352 g/mol. The quantitative estimate of drug-likeness (QED) is 0.703. The number of rotatable bonds is 7. The second kappa shape index (κ2) is 8.82. The van der Waals surface area contributed by atoms with Crippen molar-refractivity contribution >= 4 is 29.1 Å². The van der Waals surface area contributed by atoms with Crippen LogP contribution in [-0.4, -0.2) is 28.9 Å². The fourth-order valence-electron chi connectivity index (χ4n) is 2.93. The molecule has 1 heterocycles. The summed E-state index contributed by atoms with van der Waals surface area (Å²) in [4.78, 5) is 35.9. The van der Waals surface area contributed by atoms with Crippen LogP contribution >= 0.6 is 11.3 Å². The Morgan fingerprint density at radius 2 is 1.96 bits per heavy atom. The largest absolute Gasteiger partial charge is 0.477 e. The lowest BCUT2D eigenvalue weighted by atomic mass is 9.87. The van der Waals surface area contributed by atoms with Gasteiger partial charge in [0.25, 0.3) is 0 Å². The Balaban J connectivity index is 1.72. The van der Waals surface area contributed by atoms with E-state index in [1.54, 1.807) is 13.0 Å². The third-order valence-electron chi connectivity index (χ3n) is 4.28. The Labute approximate surface area is 145 Å². The van der Waals surface area contributed by atoms with Crippen molar-refractivity contribution in [2.24, 2.45) is 5.92 Å². The van der Waals surface area contributed by atoms with Crippen LogP contribution in [0.25, 0.3) is 0 Å². The molecule has 0 aliphatic heterocycles. The predicted molar refractivity (Wildman–Crippen MR) is 91.9 cm³/mol. The van der Waals surface area contributed by atoms with Gasteiger partial charge >= 0.3 is 5.97 Å². The van der Waals surface area contributed by atoms with Gasteiger partial charge in [0.1, 0.15) is 10.9 Å². The Hall–Kier alpha value is -1.89. The van der Waals surface area contributed by atoms with E-state index in [1.807, 2.05) is 0 Å². The van der Waals surface area contributed by atoms with Crippen molar-refractivity contribution in [3.63, 3.8) is 0 Å². The fraction of sp³-hybridized carbons (Fsp3) is 0.588. The molecule has 1 aromatic heterocycles. The molecule has 6 nitrogen and oxygen atoms in total. The first-order valence-corrected chi connectivity index (χ1v) is 9.16. The molecule has 1 aromatic rings. The van der Waals surface area contributed by atoms with Gasteiger partial charge in [0.15, 0.2) is 0 Å². The van der Waals surface area contributed by atoms with Gasteiger partial charge in [-0.15, -0.1) is 11.3 Å². The Morgan fingerprint density at radius 1 is 1.25 bits per heavy atom. The molecule has 1 unspecified atom stereocenters. The standard InChI is InChI=1S/C17H24N2O4S/c1-11(19-15(20)9-12-5-3-2-4-6-12)16(21)18-10-13-7-8-14(24-13)17(22)23/h7-8,11-12H,2-6,9-10H2,1H3,(H,18,21)(H,19,20)(H,22,23). The molecule has 2 amide bonds. The normalized spacial score (nSPS) is 16.4. The van der Waals surface area contributed by atoms with E-state index >= 15 is 0 Å². The third kappa shape index (κ3) is 5.63. The van der Waals surface area contributed by atoms with Gasteiger partial charge in [-0.1, -0.05) is 19.3 Å². The summed E-state index contributed by atoms with van der Waals surface area (Å²) in [7, 11) is 0. The van der Waals surface area contributed by atoms with E-state index in [4.69, 9.17) is 5.11 Å². The average molecular weight is 352 g/mol.